The summed E-state index contributed by atoms with van der Waals surface area (Å²) in [6.45, 7) is 4.86. The number of rotatable bonds is 7. The van der Waals surface area contributed by atoms with Gasteiger partial charge in [0.05, 0.1) is 9.26 Å². The number of hydrogen-bond donors (Lipinski definition) is 1. The molecule has 0 aliphatic heterocycles. The zero-order valence-electron chi connectivity index (χ0n) is 16.8. The first kappa shape index (κ1) is 21.4. The predicted octanol–water partition coefficient (Wildman–Crippen LogP) is 4.74. The lowest BCUT2D eigenvalue weighted by Crippen LogP contribution is -2.31. The van der Waals surface area contributed by atoms with Crippen LogP contribution in [0.4, 0.5) is 5.82 Å². The normalized spacial score (nSPS) is 11.2. The third kappa shape index (κ3) is 4.30. The molecule has 4 rings (SSSR count). The second-order valence-electron chi connectivity index (χ2n) is 6.80. The van der Waals surface area contributed by atoms with Crippen molar-refractivity contribution in [3.8, 4) is 17.1 Å². The Morgan fingerprint density at radius 3 is 2.43 bits per heavy atom. The molecule has 0 saturated heterocycles. The molecule has 8 heteroatoms. The number of fused-ring (bicyclic) bond motifs is 1. The maximum absolute atomic E-state index is 5.11. The number of likely N-dealkylation sites (N-methyl/N-ethyl adjacent to an activating group) is 2. The van der Waals surface area contributed by atoms with Crippen LogP contribution >= 0.6 is 45.2 Å². The molecular formula is C22H22I2N6. The molecule has 0 aliphatic rings. The Labute approximate surface area is 203 Å². The Morgan fingerprint density at radius 2 is 1.77 bits per heavy atom. The summed E-state index contributed by atoms with van der Waals surface area (Å²) in [6, 6.07) is 14.5. The van der Waals surface area contributed by atoms with Crippen molar-refractivity contribution in [3.05, 3.63) is 62.0 Å². The topological polar surface area (TPSA) is 58.9 Å². The van der Waals surface area contributed by atoms with Crippen LogP contribution < -0.4 is 10.2 Å². The first-order chi connectivity index (χ1) is 14.6. The van der Waals surface area contributed by atoms with Crippen molar-refractivity contribution in [3.63, 3.8) is 0 Å². The second kappa shape index (κ2) is 9.56. The summed E-state index contributed by atoms with van der Waals surface area (Å²) < 4.78 is 4.43. The highest BCUT2D eigenvalue weighted by molar-refractivity contribution is 14.1. The Bertz CT molecular complexity index is 1140. The van der Waals surface area contributed by atoms with E-state index in [-0.39, 0.29) is 0 Å². The molecule has 6 nitrogen and oxygen atoms in total. The van der Waals surface area contributed by atoms with E-state index in [2.05, 4.69) is 102 Å². The summed E-state index contributed by atoms with van der Waals surface area (Å²) in [6.07, 6.45) is 3.61. The third-order valence-corrected chi connectivity index (χ3v) is 6.42. The lowest BCUT2D eigenvalue weighted by atomic mass is 10.2. The van der Waals surface area contributed by atoms with Crippen LogP contribution in [0.25, 0.3) is 28.2 Å². The van der Waals surface area contributed by atoms with Gasteiger partial charge in [-0.15, -0.1) is 0 Å². The van der Waals surface area contributed by atoms with Crippen LogP contribution in [0.3, 0.4) is 0 Å². The highest BCUT2D eigenvalue weighted by Gasteiger charge is 2.19. The van der Waals surface area contributed by atoms with E-state index in [1.807, 2.05) is 19.2 Å². The summed E-state index contributed by atoms with van der Waals surface area (Å²) in [5.41, 5.74) is 3.80. The molecule has 0 amide bonds. The van der Waals surface area contributed by atoms with Gasteiger partial charge in [-0.2, -0.15) is 0 Å². The summed E-state index contributed by atoms with van der Waals surface area (Å²) in [7, 11) is 1.97. The van der Waals surface area contributed by atoms with Crippen molar-refractivity contribution in [1.29, 1.82) is 0 Å². The Balaban J connectivity index is 1.95. The Kier molecular flexibility index (Phi) is 6.84. The van der Waals surface area contributed by atoms with E-state index in [4.69, 9.17) is 9.97 Å². The highest BCUT2D eigenvalue weighted by Crippen LogP contribution is 2.31. The molecule has 0 unspecified atom stereocenters. The number of hydrogen-bond acceptors (Lipinski definition) is 5. The molecule has 0 aliphatic carbocycles. The average Bonchev–Trinajstić information content (AvgIpc) is 3.13. The van der Waals surface area contributed by atoms with Crippen LogP contribution in [-0.2, 0) is 0 Å². The molecular weight excluding hydrogens is 602 g/mol. The molecule has 0 radical (unpaired) electrons. The highest BCUT2D eigenvalue weighted by atomic mass is 127. The number of anilines is 1. The van der Waals surface area contributed by atoms with Gasteiger partial charge < -0.3 is 10.2 Å². The number of imidazole rings is 1. The monoisotopic (exact) mass is 624 g/mol. The van der Waals surface area contributed by atoms with Gasteiger partial charge in [0, 0.05) is 41.2 Å². The fourth-order valence-electron chi connectivity index (χ4n) is 3.38. The fraction of sp³-hybridized carbons (Fsp3) is 0.227. The zero-order chi connectivity index (χ0) is 21.1. The van der Waals surface area contributed by atoms with Gasteiger partial charge in [0.1, 0.15) is 17.2 Å². The van der Waals surface area contributed by atoms with Crippen molar-refractivity contribution in [2.24, 2.45) is 0 Å². The molecule has 0 spiro atoms. The average molecular weight is 624 g/mol. The predicted molar refractivity (Wildman–Crippen MR) is 139 cm³/mol. The largest absolute Gasteiger partial charge is 0.355 e. The van der Waals surface area contributed by atoms with Crippen LogP contribution in [0, 0.1) is 7.14 Å². The minimum absolute atomic E-state index is 0.855. The minimum atomic E-state index is 0.855. The van der Waals surface area contributed by atoms with Crippen LogP contribution in [0.15, 0.2) is 54.9 Å². The first-order valence-corrected chi connectivity index (χ1v) is 11.9. The van der Waals surface area contributed by atoms with Gasteiger partial charge in [-0.1, -0.05) is 12.1 Å². The van der Waals surface area contributed by atoms with Gasteiger partial charge in [-0.25, -0.2) is 9.97 Å². The van der Waals surface area contributed by atoms with Gasteiger partial charge in [0.25, 0.3) is 0 Å². The molecule has 0 bridgehead atoms. The van der Waals surface area contributed by atoms with Gasteiger partial charge in [0.15, 0.2) is 5.65 Å². The lowest BCUT2D eigenvalue weighted by molar-refractivity contribution is 0.728. The molecule has 0 atom stereocenters. The molecule has 4 aromatic rings. The van der Waals surface area contributed by atoms with E-state index in [0.717, 1.165) is 57.3 Å². The third-order valence-electron chi connectivity index (χ3n) is 4.90. The van der Waals surface area contributed by atoms with Gasteiger partial charge in [0.2, 0.25) is 0 Å². The maximum atomic E-state index is 5.11. The van der Waals surface area contributed by atoms with E-state index in [9.17, 15) is 0 Å². The molecule has 1 aromatic carbocycles. The molecule has 0 saturated carbocycles. The van der Waals surface area contributed by atoms with Crippen LogP contribution in [0.5, 0.6) is 0 Å². The van der Waals surface area contributed by atoms with Crippen molar-refractivity contribution in [2.45, 2.75) is 6.92 Å². The van der Waals surface area contributed by atoms with E-state index in [1.54, 1.807) is 12.4 Å². The number of halogens is 2. The SMILES string of the molecule is CCN(CCNC)c1nc2c(cc1I)nc(-c1ccc(I)cc1)n2-c1ccncc1. The number of pyridine rings is 2. The number of nitrogens with one attached hydrogen (secondary N) is 1. The molecule has 30 heavy (non-hydrogen) atoms. The smallest absolute Gasteiger partial charge is 0.167 e. The number of nitrogens with zero attached hydrogens (tertiary/aromatic N) is 5. The van der Waals surface area contributed by atoms with Crippen molar-refractivity contribution >= 4 is 62.2 Å². The molecule has 154 valence electrons. The van der Waals surface area contributed by atoms with Crippen LogP contribution in [0.2, 0.25) is 0 Å². The molecule has 3 heterocycles. The second-order valence-corrected chi connectivity index (χ2v) is 9.21. The van der Waals surface area contributed by atoms with Crippen LogP contribution in [0.1, 0.15) is 6.92 Å². The summed E-state index contributed by atoms with van der Waals surface area (Å²) in [4.78, 5) is 16.6. The van der Waals surface area contributed by atoms with E-state index in [0.29, 0.717) is 0 Å². The standard InChI is InChI=1S/C22H22I2N6/c1-3-29(13-12-25-2)21-18(24)14-19-22(28-21)30(17-8-10-26-11-9-17)20(27-19)15-4-6-16(23)7-5-15/h4-11,14,25H,3,12-13H2,1-2H3. The van der Waals surface area contributed by atoms with Gasteiger partial charge in [-0.3, -0.25) is 9.55 Å². The number of benzene rings is 1. The molecule has 3 aromatic heterocycles. The zero-order valence-corrected chi connectivity index (χ0v) is 21.1. The molecule has 0 fully saturated rings. The summed E-state index contributed by atoms with van der Waals surface area (Å²) in [5.74, 6) is 1.87. The van der Waals surface area contributed by atoms with E-state index in [1.165, 1.54) is 3.57 Å². The Morgan fingerprint density at radius 1 is 1.03 bits per heavy atom. The van der Waals surface area contributed by atoms with Crippen molar-refractivity contribution in [2.75, 3.05) is 31.6 Å². The lowest BCUT2D eigenvalue weighted by Gasteiger charge is -2.23. The van der Waals surface area contributed by atoms with E-state index >= 15 is 0 Å². The quantitative estimate of drug-likeness (QED) is 0.302. The van der Waals surface area contributed by atoms with Crippen LogP contribution in [-0.4, -0.2) is 46.2 Å². The van der Waals surface area contributed by atoms with E-state index < -0.39 is 0 Å². The minimum Gasteiger partial charge on any atom is -0.355 e. The first-order valence-electron chi connectivity index (χ1n) is 9.77. The summed E-state index contributed by atoms with van der Waals surface area (Å²) in [5, 5.41) is 3.23. The Hall–Kier alpha value is -1.79. The van der Waals surface area contributed by atoms with Gasteiger partial charge >= 0.3 is 0 Å². The summed E-state index contributed by atoms with van der Waals surface area (Å²) >= 11 is 4.69. The maximum Gasteiger partial charge on any atom is 0.167 e. The molecule has 1 N–H and O–H groups in total. The fourth-order valence-corrected chi connectivity index (χ4v) is 4.50. The van der Waals surface area contributed by atoms with Crippen molar-refractivity contribution < 1.29 is 0 Å². The number of aromatic nitrogens is 4. The van der Waals surface area contributed by atoms with Crippen molar-refractivity contribution in [1.82, 2.24) is 24.8 Å². The van der Waals surface area contributed by atoms with Gasteiger partial charge in [-0.05, 0) is 89.5 Å².